The molecule has 1 aromatic rings. The molecule has 2 N–H and O–H groups in total. The molecule has 0 bridgehead atoms. The summed E-state index contributed by atoms with van der Waals surface area (Å²) in [6.45, 7) is 0.626. The van der Waals surface area contributed by atoms with Gasteiger partial charge in [-0.1, -0.05) is 15.9 Å². The highest BCUT2D eigenvalue weighted by atomic mass is 79.9. The average molecular weight is 393 g/mol. The molecule has 0 heterocycles. The van der Waals surface area contributed by atoms with Gasteiger partial charge in [0.25, 0.3) is 5.91 Å². The van der Waals surface area contributed by atoms with Crippen LogP contribution in [0.1, 0.15) is 12.8 Å². The fourth-order valence-corrected chi connectivity index (χ4v) is 2.80. The number of aliphatic hydroxyl groups is 1. The largest absolute Gasteiger partial charge is 0.483 e. The Kier molecular flexibility index (Phi) is 4.86. The summed E-state index contributed by atoms with van der Waals surface area (Å²) in [5.74, 6) is 0.455. The van der Waals surface area contributed by atoms with E-state index < -0.39 is 0 Å². The number of ether oxygens (including phenoxy) is 1. The van der Waals surface area contributed by atoms with Crippen molar-refractivity contribution in [2.24, 2.45) is 5.41 Å². The number of amides is 1. The minimum atomic E-state index is -0.172. The van der Waals surface area contributed by atoms with Gasteiger partial charge in [-0.2, -0.15) is 0 Å². The van der Waals surface area contributed by atoms with Crippen LogP contribution in [-0.4, -0.2) is 30.8 Å². The van der Waals surface area contributed by atoms with E-state index in [0.717, 1.165) is 21.8 Å². The number of rotatable bonds is 6. The molecule has 104 valence electrons. The van der Waals surface area contributed by atoms with Gasteiger partial charge in [0.2, 0.25) is 0 Å². The minimum Gasteiger partial charge on any atom is -0.483 e. The average Bonchev–Trinajstić information content (AvgIpc) is 3.16. The molecule has 1 aromatic carbocycles. The second-order valence-electron chi connectivity index (χ2n) is 4.80. The summed E-state index contributed by atoms with van der Waals surface area (Å²) in [4.78, 5) is 11.6. The monoisotopic (exact) mass is 391 g/mol. The summed E-state index contributed by atoms with van der Waals surface area (Å²) >= 11 is 6.72. The molecule has 0 unspecified atom stereocenters. The lowest BCUT2D eigenvalue weighted by molar-refractivity contribution is -0.123. The summed E-state index contributed by atoms with van der Waals surface area (Å²) in [6.07, 6.45) is 1.95. The van der Waals surface area contributed by atoms with Crippen LogP contribution in [-0.2, 0) is 4.79 Å². The lowest BCUT2D eigenvalue weighted by Crippen LogP contribution is -2.35. The number of hydrogen-bond acceptors (Lipinski definition) is 3. The van der Waals surface area contributed by atoms with Crippen LogP contribution in [0.25, 0.3) is 0 Å². The molecule has 0 saturated heterocycles. The molecule has 0 atom stereocenters. The lowest BCUT2D eigenvalue weighted by Gasteiger charge is -2.13. The number of nitrogens with one attached hydrogen (secondary N) is 1. The van der Waals surface area contributed by atoms with Crippen molar-refractivity contribution in [3.8, 4) is 5.75 Å². The van der Waals surface area contributed by atoms with Gasteiger partial charge in [0.15, 0.2) is 6.61 Å². The van der Waals surface area contributed by atoms with Crippen molar-refractivity contribution in [3.63, 3.8) is 0 Å². The van der Waals surface area contributed by atoms with Crippen LogP contribution >= 0.6 is 31.9 Å². The number of aliphatic hydroxyl groups excluding tert-OH is 1. The normalized spacial score (nSPS) is 15.9. The number of hydrogen-bond donors (Lipinski definition) is 2. The Morgan fingerprint density at radius 3 is 2.74 bits per heavy atom. The zero-order chi connectivity index (χ0) is 13.9. The Balaban J connectivity index is 1.77. The highest BCUT2D eigenvalue weighted by Gasteiger charge is 2.42. The third kappa shape index (κ3) is 4.19. The highest BCUT2D eigenvalue weighted by molar-refractivity contribution is 9.11. The first-order valence-electron chi connectivity index (χ1n) is 6.00. The van der Waals surface area contributed by atoms with E-state index in [1.54, 1.807) is 6.07 Å². The molecular weight excluding hydrogens is 378 g/mol. The first-order chi connectivity index (χ1) is 9.04. The smallest absolute Gasteiger partial charge is 0.257 e. The molecule has 6 heteroatoms. The first kappa shape index (κ1) is 14.8. The SMILES string of the molecule is O=C(COc1ccc(Br)cc1Br)NCC1(CO)CC1. The van der Waals surface area contributed by atoms with Gasteiger partial charge in [-0.3, -0.25) is 4.79 Å². The molecule has 4 nitrogen and oxygen atoms in total. The Hall–Kier alpha value is -0.590. The van der Waals surface area contributed by atoms with Crippen LogP contribution in [0.5, 0.6) is 5.75 Å². The molecular formula is C13H15Br2NO3. The molecule has 2 rings (SSSR count). The second-order valence-corrected chi connectivity index (χ2v) is 6.57. The van der Waals surface area contributed by atoms with Gasteiger partial charge in [0.1, 0.15) is 5.75 Å². The number of carbonyl (C=O) groups excluding carboxylic acids is 1. The van der Waals surface area contributed by atoms with E-state index in [0.29, 0.717) is 12.3 Å². The van der Waals surface area contributed by atoms with E-state index in [4.69, 9.17) is 9.84 Å². The van der Waals surface area contributed by atoms with E-state index in [-0.39, 0.29) is 24.5 Å². The van der Waals surface area contributed by atoms with E-state index in [9.17, 15) is 4.79 Å². The maximum absolute atomic E-state index is 11.6. The van der Waals surface area contributed by atoms with Gasteiger partial charge in [-0.15, -0.1) is 0 Å². The molecule has 1 fully saturated rings. The van der Waals surface area contributed by atoms with Gasteiger partial charge in [-0.25, -0.2) is 0 Å². The Morgan fingerprint density at radius 2 is 2.16 bits per heavy atom. The summed E-state index contributed by atoms with van der Waals surface area (Å²) in [5, 5.41) is 11.9. The second kappa shape index (κ2) is 6.24. The Morgan fingerprint density at radius 1 is 1.42 bits per heavy atom. The summed E-state index contributed by atoms with van der Waals surface area (Å²) in [7, 11) is 0. The predicted molar refractivity (Wildman–Crippen MR) is 79.1 cm³/mol. The Bertz CT molecular complexity index is 475. The molecule has 19 heavy (non-hydrogen) atoms. The Labute approximate surface area is 128 Å². The first-order valence-corrected chi connectivity index (χ1v) is 7.59. The van der Waals surface area contributed by atoms with E-state index in [2.05, 4.69) is 37.2 Å². The van der Waals surface area contributed by atoms with E-state index in [1.807, 2.05) is 12.1 Å². The lowest BCUT2D eigenvalue weighted by atomic mass is 10.1. The quantitative estimate of drug-likeness (QED) is 0.781. The van der Waals surface area contributed by atoms with Crippen LogP contribution in [0.3, 0.4) is 0 Å². The summed E-state index contributed by atoms with van der Waals surface area (Å²) in [6, 6.07) is 5.50. The highest BCUT2D eigenvalue weighted by Crippen LogP contribution is 2.44. The standard InChI is InChI=1S/C13H15Br2NO3/c14-9-1-2-11(10(15)5-9)19-6-12(18)16-7-13(8-17)3-4-13/h1-2,5,17H,3-4,6-8H2,(H,16,18). The predicted octanol–water partition coefficient (Wildman–Crippen LogP) is 2.48. The van der Waals surface area contributed by atoms with Crippen LogP contribution < -0.4 is 10.1 Å². The number of carbonyl (C=O) groups is 1. The molecule has 1 amide bonds. The molecule has 1 aliphatic rings. The molecule has 0 aromatic heterocycles. The van der Waals surface area contributed by atoms with Crippen molar-refractivity contribution in [2.75, 3.05) is 19.8 Å². The topological polar surface area (TPSA) is 58.6 Å². The van der Waals surface area contributed by atoms with E-state index >= 15 is 0 Å². The number of halogens is 2. The third-order valence-electron chi connectivity index (χ3n) is 3.21. The molecule has 0 aliphatic heterocycles. The van der Waals surface area contributed by atoms with Crippen molar-refractivity contribution >= 4 is 37.8 Å². The maximum Gasteiger partial charge on any atom is 0.257 e. The van der Waals surface area contributed by atoms with Crippen LogP contribution in [0.4, 0.5) is 0 Å². The maximum atomic E-state index is 11.6. The van der Waals surface area contributed by atoms with E-state index in [1.165, 1.54) is 0 Å². The fraction of sp³-hybridized carbons (Fsp3) is 0.462. The van der Waals surface area contributed by atoms with Crippen LogP contribution in [0.2, 0.25) is 0 Å². The van der Waals surface area contributed by atoms with Crippen molar-refractivity contribution in [2.45, 2.75) is 12.8 Å². The van der Waals surface area contributed by atoms with Gasteiger partial charge in [0, 0.05) is 16.4 Å². The molecule has 1 saturated carbocycles. The van der Waals surface area contributed by atoms with Crippen molar-refractivity contribution < 1.29 is 14.6 Å². The third-order valence-corrected chi connectivity index (χ3v) is 4.32. The van der Waals surface area contributed by atoms with Gasteiger partial charge < -0.3 is 15.2 Å². The fourth-order valence-electron chi connectivity index (χ4n) is 1.64. The summed E-state index contributed by atoms with van der Waals surface area (Å²) < 4.78 is 7.17. The van der Waals surface area contributed by atoms with Gasteiger partial charge >= 0.3 is 0 Å². The minimum absolute atomic E-state index is 0.0261. The zero-order valence-electron chi connectivity index (χ0n) is 10.3. The van der Waals surface area contributed by atoms with Crippen LogP contribution in [0, 0.1) is 5.41 Å². The molecule has 0 radical (unpaired) electrons. The zero-order valence-corrected chi connectivity index (χ0v) is 13.5. The van der Waals surface area contributed by atoms with Gasteiger partial charge in [0.05, 0.1) is 11.1 Å². The van der Waals surface area contributed by atoms with Crippen molar-refractivity contribution in [3.05, 3.63) is 27.1 Å². The van der Waals surface area contributed by atoms with Gasteiger partial charge in [-0.05, 0) is 47.0 Å². The number of benzene rings is 1. The van der Waals surface area contributed by atoms with Crippen molar-refractivity contribution in [1.29, 1.82) is 0 Å². The van der Waals surface area contributed by atoms with Crippen molar-refractivity contribution in [1.82, 2.24) is 5.32 Å². The summed E-state index contributed by atoms with van der Waals surface area (Å²) in [5.41, 5.74) is -0.0755. The van der Waals surface area contributed by atoms with Crippen LogP contribution in [0.15, 0.2) is 27.1 Å². The molecule has 0 spiro atoms. The molecule has 1 aliphatic carbocycles.